The number of fused-ring (bicyclic) bond motifs is 3. The predicted molar refractivity (Wildman–Crippen MR) is 104 cm³/mol. The van der Waals surface area contributed by atoms with Crippen molar-refractivity contribution in [2.75, 3.05) is 6.61 Å². The van der Waals surface area contributed by atoms with E-state index in [4.69, 9.17) is 9.47 Å². The van der Waals surface area contributed by atoms with Crippen LogP contribution in [-0.4, -0.2) is 57.7 Å². The van der Waals surface area contributed by atoms with Crippen LogP contribution >= 0.6 is 0 Å². The van der Waals surface area contributed by atoms with Gasteiger partial charge >= 0.3 is 0 Å². The molecule has 5 rings (SSSR count). The maximum Gasteiger partial charge on any atom is 0.190 e. The second-order valence-corrected chi connectivity index (χ2v) is 10.5. The number of Topliss-reactive ketones (excluding diaryl/α,β-unsaturated/α-hetero) is 1. The minimum absolute atomic E-state index is 0.00920. The van der Waals surface area contributed by atoms with Crippen LogP contribution < -0.4 is 0 Å². The smallest absolute Gasteiger partial charge is 0.190 e. The van der Waals surface area contributed by atoms with Crippen LogP contribution in [0.15, 0.2) is 11.6 Å². The van der Waals surface area contributed by atoms with Gasteiger partial charge in [0.25, 0.3) is 0 Å². The highest BCUT2D eigenvalue weighted by atomic mass is 19.1. The van der Waals surface area contributed by atoms with Crippen LogP contribution in [0.1, 0.15) is 65.7 Å². The first kappa shape index (κ1) is 20.7. The van der Waals surface area contributed by atoms with E-state index >= 15 is 4.39 Å². The lowest BCUT2D eigenvalue weighted by atomic mass is 9.42. The molecule has 2 bridgehead atoms. The molecule has 5 aliphatic rings. The number of alkyl halides is 1. The van der Waals surface area contributed by atoms with Gasteiger partial charge in [-0.1, -0.05) is 19.4 Å². The highest BCUT2D eigenvalue weighted by molar-refractivity contribution is 5.92. The fraction of sp³-hybridized carbons (Fsp3) is 0.826. The van der Waals surface area contributed by atoms with Gasteiger partial charge in [0.15, 0.2) is 23.5 Å². The van der Waals surface area contributed by atoms with E-state index in [-0.39, 0.29) is 18.6 Å². The Kier molecular flexibility index (Phi) is 4.15. The van der Waals surface area contributed by atoms with Gasteiger partial charge in [0.1, 0.15) is 12.2 Å². The van der Waals surface area contributed by atoms with Crippen molar-refractivity contribution in [1.82, 2.24) is 0 Å². The van der Waals surface area contributed by atoms with Crippen LogP contribution in [0.25, 0.3) is 0 Å². The highest BCUT2D eigenvalue weighted by Crippen LogP contribution is 2.75. The first-order valence-corrected chi connectivity index (χ1v) is 11.1. The zero-order valence-electron chi connectivity index (χ0n) is 17.9. The van der Waals surface area contributed by atoms with Gasteiger partial charge in [0, 0.05) is 23.2 Å². The molecule has 1 unspecified atom stereocenters. The zero-order chi connectivity index (χ0) is 21.7. The molecule has 166 valence electrons. The van der Waals surface area contributed by atoms with Crippen molar-refractivity contribution in [2.45, 2.75) is 95.0 Å². The Balaban J connectivity index is 1.70. The fourth-order valence-corrected chi connectivity index (χ4v) is 8.20. The summed E-state index contributed by atoms with van der Waals surface area (Å²) < 4.78 is 29.8. The molecule has 0 radical (unpaired) electrons. The van der Waals surface area contributed by atoms with Gasteiger partial charge in [-0.3, -0.25) is 9.59 Å². The lowest BCUT2D eigenvalue weighted by molar-refractivity contribution is -0.386. The Hall–Kier alpha value is -1.15. The van der Waals surface area contributed by atoms with Gasteiger partial charge in [-0.15, -0.1) is 0 Å². The normalized spacial score (nSPS) is 54.7. The Labute approximate surface area is 175 Å². The number of rotatable bonds is 2. The first-order chi connectivity index (χ1) is 14.0. The van der Waals surface area contributed by atoms with Gasteiger partial charge in [0.05, 0.1) is 11.7 Å². The summed E-state index contributed by atoms with van der Waals surface area (Å²) in [7, 11) is 0. The van der Waals surface area contributed by atoms with Crippen LogP contribution in [-0.2, 0) is 19.1 Å². The Morgan fingerprint density at radius 1 is 1.23 bits per heavy atom. The number of carbonyl (C=O) groups is 2. The summed E-state index contributed by atoms with van der Waals surface area (Å²) in [6, 6.07) is 0. The maximum absolute atomic E-state index is 17.3. The van der Waals surface area contributed by atoms with E-state index in [0.29, 0.717) is 32.1 Å². The number of ketones is 2. The van der Waals surface area contributed by atoms with E-state index in [1.54, 1.807) is 13.0 Å². The molecule has 7 heteroatoms. The minimum Gasteiger partial charge on any atom is -0.390 e. The summed E-state index contributed by atoms with van der Waals surface area (Å²) in [4.78, 5) is 25.0. The SMILES string of the molecule is CC1O[C@@]2(C(=O)CO)CC[C@@]3(O1)[C@@H]1CCC4=CC(=O)CC[C@]4(C)[C@@]1(F)[C@@H](O)C[C@]23C. The molecule has 1 heterocycles. The molecule has 0 aromatic carbocycles. The van der Waals surface area contributed by atoms with Crippen LogP contribution in [0.4, 0.5) is 4.39 Å². The van der Waals surface area contributed by atoms with Crippen LogP contribution in [0, 0.1) is 16.7 Å². The van der Waals surface area contributed by atoms with Gasteiger partial charge in [-0.2, -0.15) is 0 Å². The lowest BCUT2D eigenvalue weighted by Crippen LogP contribution is -2.78. The highest BCUT2D eigenvalue weighted by Gasteiger charge is 2.83. The van der Waals surface area contributed by atoms with E-state index in [1.165, 1.54) is 0 Å². The van der Waals surface area contributed by atoms with Gasteiger partial charge in [-0.05, 0) is 51.5 Å². The van der Waals surface area contributed by atoms with Crippen molar-refractivity contribution in [3.8, 4) is 0 Å². The summed E-state index contributed by atoms with van der Waals surface area (Å²) in [6.45, 7) is 4.75. The molecular weight excluding hydrogens is 391 g/mol. The topological polar surface area (TPSA) is 93.1 Å². The van der Waals surface area contributed by atoms with Crippen molar-refractivity contribution in [1.29, 1.82) is 0 Å². The molecule has 8 atom stereocenters. The number of ether oxygens (including phenoxy) is 2. The molecule has 0 aromatic heterocycles. The molecule has 1 aliphatic heterocycles. The summed E-state index contributed by atoms with van der Waals surface area (Å²) in [5.74, 6) is -1.04. The summed E-state index contributed by atoms with van der Waals surface area (Å²) >= 11 is 0. The molecule has 4 aliphatic carbocycles. The lowest BCUT2D eigenvalue weighted by Gasteiger charge is -2.69. The molecule has 0 aromatic rings. The molecule has 3 saturated carbocycles. The summed E-state index contributed by atoms with van der Waals surface area (Å²) in [5, 5.41) is 21.1. The van der Waals surface area contributed by atoms with Crippen molar-refractivity contribution in [3.05, 3.63) is 11.6 Å². The Bertz CT molecular complexity index is 857. The standard InChI is InChI=1S/C23H31FO6/c1-13-29-21-8-9-22(30-13,18(28)12-25)20(21,3)11-17(27)23(24)16(21)5-4-14-10-15(26)6-7-19(14,23)2/h10,13,16-17,25,27H,4-9,11-12H2,1-3H3/t13?,16-,17-,19-,20-,21+,22+,23-/m0/s1. The predicted octanol–water partition coefficient (Wildman–Crippen LogP) is 2.40. The van der Waals surface area contributed by atoms with Gasteiger partial charge < -0.3 is 19.7 Å². The minimum atomic E-state index is -1.97. The molecular formula is C23H31FO6. The van der Waals surface area contributed by atoms with E-state index in [1.807, 2.05) is 13.8 Å². The second-order valence-electron chi connectivity index (χ2n) is 10.5. The molecule has 0 amide bonds. The monoisotopic (exact) mass is 422 g/mol. The molecule has 0 spiro atoms. The number of allylic oxidation sites excluding steroid dienone is 1. The van der Waals surface area contributed by atoms with Crippen molar-refractivity contribution in [2.24, 2.45) is 16.7 Å². The molecule has 2 N–H and O–H groups in total. The first-order valence-electron chi connectivity index (χ1n) is 11.1. The van der Waals surface area contributed by atoms with Crippen LogP contribution in [0.3, 0.4) is 0 Å². The number of hydrogen-bond donors (Lipinski definition) is 2. The molecule has 30 heavy (non-hydrogen) atoms. The van der Waals surface area contributed by atoms with Gasteiger partial charge in [0.2, 0.25) is 0 Å². The third-order valence-corrected chi connectivity index (χ3v) is 9.63. The third kappa shape index (κ3) is 1.99. The second kappa shape index (κ2) is 6.00. The largest absolute Gasteiger partial charge is 0.390 e. The van der Waals surface area contributed by atoms with Crippen LogP contribution in [0.2, 0.25) is 0 Å². The average Bonchev–Trinajstić information content (AvgIpc) is 2.82. The Morgan fingerprint density at radius 3 is 2.67 bits per heavy atom. The van der Waals surface area contributed by atoms with Gasteiger partial charge in [-0.25, -0.2) is 4.39 Å². The fourth-order valence-electron chi connectivity index (χ4n) is 8.20. The van der Waals surface area contributed by atoms with Crippen molar-refractivity contribution < 1.29 is 33.7 Å². The zero-order valence-corrected chi connectivity index (χ0v) is 17.9. The quantitative estimate of drug-likeness (QED) is 0.710. The molecule has 6 nitrogen and oxygen atoms in total. The van der Waals surface area contributed by atoms with E-state index in [9.17, 15) is 19.8 Å². The van der Waals surface area contributed by atoms with Crippen LogP contribution in [0.5, 0.6) is 0 Å². The number of aliphatic hydroxyl groups is 2. The molecule has 4 fully saturated rings. The van der Waals surface area contributed by atoms with Crippen molar-refractivity contribution in [3.63, 3.8) is 0 Å². The molecule has 1 saturated heterocycles. The average molecular weight is 422 g/mol. The van der Waals surface area contributed by atoms with E-state index in [0.717, 1.165) is 5.57 Å². The maximum atomic E-state index is 17.3. The third-order valence-electron chi connectivity index (χ3n) is 9.63. The number of halogens is 1. The van der Waals surface area contributed by atoms with Crippen molar-refractivity contribution >= 4 is 11.6 Å². The van der Waals surface area contributed by atoms with E-state index in [2.05, 4.69) is 0 Å². The summed E-state index contributed by atoms with van der Waals surface area (Å²) in [5.41, 5.74) is -5.34. The van der Waals surface area contributed by atoms with E-state index < -0.39 is 58.4 Å². The summed E-state index contributed by atoms with van der Waals surface area (Å²) in [6.07, 6.45) is 1.97. The number of carbonyl (C=O) groups excluding carboxylic acids is 2. The number of hydrogen-bond acceptors (Lipinski definition) is 6. The Morgan fingerprint density at radius 2 is 1.97 bits per heavy atom. The number of aliphatic hydroxyl groups excluding tert-OH is 2.